The molecule has 2 aliphatic heterocycles. The minimum Gasteiger partial charge on any atom is -0.353 e. The second kappa shape index (κ2) is 10.1. The minimum absolute atomic E-state index is 0. The normalized spacial score (nSPS) is 24.0. The lowest BCUT2D eigenvalue weighted by atomic mass is 10.1. The van der Waals surface area contributed by atoms with Crippen LogP contribution in [0.2, 0.25) is 0 Å². The summed E-state index contributed by atoms with van der Waals surface area (Å²) < 4.78 is 25.6. The predicted molar refractivity (Wildman–Crippen MR) is 97.8 cm³/mol. The summed E-state index contributed by atoms with van der Waals surface area (Å²) in [6.07, 6.45) is 2.58. The second-order valence-electron chi connectivity index (χ2n) is 5.99. The summed E-state index contributed by atoms with van der Waals surface area (Å²) in [7, 11) is -3.10. The van der Waals surface area contributed by atoms with Crippen molar-refractivity contribution in [3.63, 3.8) is 0 Å². The van der Waals surface area contributed by atoms with Crippen LogP contribution in [-0.4, -0.2) is 67.6 Å². The van der Waals surface area contributed by atoms with Crippen LogP contribution >= 0.6 is 24.2 Å². The summed E-state index contributed by atoms with van der Waals surface area (Å²) in [5.74, 6) is 2.40. The molecule has 136 valence electrons. The van der Waals surface area contributed by atoms with E-state index in [9.17, 15) is 13.2 Å². The molecule has 0 bridgehead atoms. The molecule has 2 rings (SSSR count). The van der Waals surface area contributed by atoms with E-state index in [-0.39, 0.29) is 36.2 Å². The van der Waals surface area contributed by atoms with Crippen LogP contribution in [0.1, 0.15) is 32.6 Å². The van der Waals surface area contributed by atoms with E-state index in [1.54, 1.807) is 4.31 Å². The molecular weight excluding hydrogens is 358 g/mol. The fourth-order valence-electron chi connectivity index (χ4n) is 2.93. The van der Waals surface area contributed by atoms with Crippen LogP contribution in [0.25, 0.3) is 0 Å². The summed E-state index contributed by atoms with van der Waals surface area (Å²) in [6, 6.07) is 0.376. The number of carbonyl (C=O) groups is 1. The summed E-state index contributed by atoms with van der Waals surface area (Å²) in [4.78, 5) is 12.1. The first kappa shape index (κ1) is 21.0. The van der Waals surface area contributed by atoms with Crippen molar-refractivity contribution in [3.05, 3.63) is 0 Å². The highest BCUT2D eigenvalue weighted by Gasteiger charge is 2.28. The average Bonchev–Trinajstić information content (AvgIpc) is 2.48. The number of hydrogen-bond donors (Lipinski definition) is 2. The molecule has 2 heterocycles. The van der Waals surface area contributed by atoms with Crippen molar-refractivity contribution in [2.24, 2.45) is 0 Å². The average molecular weight is 386 g/mol. The van der Waals surface area contributed by atoms with E-state index in [0.29, 0.717) is 38.8 Å². The van der Waals surface area contributed by atoms with E-state index >= 15 is 0 Å². The lowest BCUT2D eigenvalue weighted by Gasteiger charge is -2.32. The molecular formula is C14H28ClN3O3S2. The van der Waals surface area contributed by atoms with Crippen LogP contribution < -0.4 is 10.6 Å². The topological polar surface area (TPSA) is 78.5 Å². The Morgan fingerprint density at radius 2 is 2.04 bits per heavy atom. The van der Waals surface area contributed by atoms with Crippen LogP contribution in [0.5, 0.6) is 0 Å². The molecule has 2 fully saturated rings. The highest BCUT2D eigenvalue weighted by atomic mass is 35.5. The van der Waals surface area contributed by atoms with E-state index in [0.717, 1.165) is 18.1 Å². The van der Waals surface area contributed by atoms with Crippen molar-refractivity contribution in [1.29, 1.82) is 0 Å². The van der Waals surface area contributed by atoms with Gasteiger partial charge in [0.25, 0.3) is 0 Å². The Morgan fingerprint density at radius 1 is 1.35 bits per heavy atom. The van der Waals surface area contributed by atoms with Crippen LogP contribution in [0.4, 0.5) is 0 Å². The zero-order valence-electron chi connectivity index (χ0n) is 13.6. The molecule has 0 saturated carbocycles. The van der Waals surface area contributed by atoms with Gasteiger partial charge in [0.05, 0.1) is 5.75 Å². The maximum Gasteiger partial charge on any atom is 0.221 e. The van der Waals surface area contributed by atoms with E-state index in [1.165, 1.54) is 0 Å². The zero-order chi connectivity index (χ0) is 16.0. The standard InChI is InChI=1S/C14H27N3O3S2.ClH/c1-2-9-22(19,20)17-6-3-12(4-7-17)16-14(18)10-13-11-21-8-5-15-13;/h12-13,15H,2-11H2,1H3,(H,16,18);1H. The van der Waals surface area contributed by atoms with Crippen molar-refractivity contribution in [2.45, 2.75) is 44.7 Å². The number of hydrogen-bond acceptors (Lipinski definition) is 5. The number of sulfonamides is 1. The fourth-order valence-corrected chi connectivity index (χ4v) is 5.42. The van der Waals surface area contributed by atoms with Crippen LogP contribution in [-0.2, 0) is 14.8 Å². The molecule has 23 heavy (non-hydrogen) atoms. The van der Waals surface area contributed by atoms with E-state index in [1.807, 2.05) is 18.7 Å². The number of carbonyl (C=O) groups excluding carboxylic acids is 1. The molecule has 1 unspecified atom stereocenters. The van der Waals surface area contributed by atoms with Gasteiger partial charge >= 0.3 is 0 Å². The molecule has 0 aromatic rings. The van der Waals surface area contributed by atoms with Gasteiger partial charge in [-0.05, 0) is 19.3 Å². The van der Waals surface area contributed by atoms with Gasteiger partial charge in [-0.3, -0.25) is 4.79 Å². The Hall–Kier alpha value is -0.0200. The minimum atomic E-state index is -3.10. The number of piperidine rings is 1. The molecule has 0 aromatic heterocycles. The molecule has 0 spiro atoms. The van der Waals surface area contributed by atoms with Crippen molar-refractivity contribution >= 4 is 40.1 Å². The fraction of sp³-hybridized carbons (Fsp3) is 0.929. The quantitative estimate of drug-likeness (QED) is 0.707. The Balaban J connectivity index is 0.00000264. The number of nitrogens with zero attached hydrogens (tertiary/aromatic N) is 1. The summed E-state index contributed by atoms with van der Waals surface area (Å²) in [5.41, 5.74) is 0. The Kier molecular flexibility index (Phi) is 9.21. The maximum atomic E-state index is 12.1. The third-order valence-corrected chi connectivity index (χ3v) is 7.31. The van der Waals surface area contributed by atoms with Crippen molar-refractivity contribution in [3.8, 4) is 0 Å². The molecule has 0 aromatic carbocycles. The van der Waals surface area contributed by atoms with E-state index < -0.39 is 10.0 Å². The SMILES string of the molecule is CCCS(=O)(=O)N1CCC(NC(=O)CC2CSCCN2)CC1.Cl. The molecule has 2 aliphatic rings. The molecule has 6 nitrogen and oxygen atoms in total. The number of thioether (sulfide) groups is 1. The highest BCUT2D eigenvalue weighted by Crippen LogP contribution is 2.16. The lowest BCUT2D eigenvalue weighted by Crippen LogP contribution is -2.48. The number of nitrogens with one attached hydrogen (secondary N) is 2. The van der Waals surface area contributed by atoms with Gasteiger partial charge < -0.3 is 10.6 Å². The predicted octanol–water partition coefficient (Wildman–Crippen LogP) is 0.824. The molecule has 9 heteroatoms. The van der Waals surface area contributed by atoms with E-state index in [2.05, 4.69) is 10.6 Å². The molecule has 1 amide bonds. The van der Waals surface area contributed by atoms with Crippen LogP contribution in [0.15, 0.2) is 0 Å². The second-order valence-corrected chi connectivity index (χ2v) is 9.23. The Labute approximate surface area is 150 Å². The van der Waals surface area contributed by atoms with Crippen molar-refractivity contribution in [1.82, 2.24) is 14.9 Å². The Bertz CT molecular complexity index is 462. The van der Waals surface area contributed by atoms with Gasteiger partial charge in [-0.2, -0.15) is 11.8 Å². The number of amides is 1. The van der Waals surface area contributed by atoms with Crippen LogP contribution in [0, 0.1) is 0 Å². The molecule has 1 atom stereocenters. The highest BCUT2D eigenvalue weighted by molar-refractivity contribution is 7.99. The third-order valence-electron chi connectivity index (χ3n) is 4.10. The van der Waals surface area contributed by atoms with Gasteiger partial charge in [0, 0.05) is 49.6 Å². The largest absolute Gasteiger partial charge is 0.353 e. The van der Waals surface area contributed by atoms with Gasteiger partial charge in [0.15, 0.2) is 0 Å². The molecule has 0 aliphatic carbocycles. The lowest BCUT2D eigenvalue weighted by molar-refractivity contribution is -0.122. The Morgan fingerprint density at radius 3 is 2.61 bits per heavy atom. The van der Waals surface area contributed by atoms with Gasteiger partial charge in [0.1, 0.15) is 0 Å². The van der Waals surface area contributed by atoms with Gasteiger partial charge in [-0.15, -0.1) is 12.4 Å². The maximum absolute atomic E-state index is 12.1. The molecule has 0 radical (unpaired) electrons. The number of halogens is 1. The van der Waals surface area contributed by atoms with Gasteiger partial charge in [-0.25, -0.2) is 12.7 Å². The van der Waals surface area contributed by atoms with Gasteiger partial charge in [0.2, 0.25) is 15.9 Å². The van der Waals surface area contributed by atoms with E-state index in [4.69, 9.17) is 0 Å². The summed E-state index contributed by atoms with van der Waals surface area (Å²) >= 11 is 1.88. The monoisotopic (exact) mass is 385 g/mol. The zero-order valence-corrected chi connectivity index (χ0v) is 16.1. The smallest absolute Gasteiger partial charge is 0.221 e. The van der Waals surface area contributed by atoms with Crippen molar-refractivity contribution in [2.75, 3.05) is 36.9 Å². The first-order valence-corrected chi connectivity index (χ1v) is 10.9. The molecule has 2 N–H and O–H groups in total. The number of rotatable bonds is 6. The molecule has 2 saturated heterocycles. The van der Waals surface area contributed by atoms with Crippen LogP contribution in [0.3, 0.4) is 0 Å². The summed E-state index contributed by atoms with van der Waals surface area (Å²) in [6.45, 7) is 3.88. The summed E-state index contributed by atoms with van der Waals surface area (Å²) in [5, 5.41) is 6.42. The van der Waals surface area contributed by atoms with Crippen molar-refractivity contribution < 1.29 is 13.2 Å². The van der Waals surface area contributed by atoms with Gasteiger partial charge in [-0.1, -0.05) is 6.92 Å². The first-order chi connectivity index (χ1) is 10.5. The third kappa shape index (κ3) is 6.78. The first-order valence-electron chi connectivity index (χ1n) is 8.09.